The second kappa shape index (κ2) is 7.64. The van der Waals surface area contributed by atoms with Crippen LogP contribution in [0.3, 0.4) is 0 Å². The first-order chi connectivity index (χ1) is 14.2. The molecule has 1 aliphatic carbocycles. The van der Waals surface area contributed by atoms with Crippen LogP contribution in [-0.4, -0.2) is 38.4 Å². The summed E-state index contributed by atoms with van der Waals surface area (Å²) in [6, 6.07) is 1.25. The molecule has 2 heterocycles. The molecule has 160 valence electrons. The highest BCUT2D eigenvalue weighted by Crippen LogP contribution is 2.38. The predicted octanol–water partition coefficient (Wildman–Crippen LogP) is 3.11. The van der Waals surface area contributed by atoms with E-state index >= 15 is 0 Å². The van der Waals surface area contributed by atoms with Crippen LogP contribution >= 0.6 is 0 Å². The second-order valence-corrected chi connectivity index (χ2v) is 9.59. The summed E-state index contributed by atoms with van der Waals surface area (Å²) in [4.78, 5) is 22.9. The minimum absolute atomic E-state index is 0.0397. The number of aryl methyl sites for hydroxylation is 1. The molecule has 1 N–H and O–H groups in total. The van der Waals surface area contributed by atoms with Gasteiger partial charge in [-0.1, -0.05) is 0 Å². The van der Waals surface area contributed by atoms with Gasteiger partial charge in [0.25, 0.3) is 0 Å². The first-order valence-corrected chi connectivity index (χ1v) is 10.8. The molecule has 1 aliphatic heterocycles. The molecule has 2 atom stereocenters. The van der Waals surface area contributed by atoms with Crippen LogP contribution in [0.4, 0.5) is 24.7 Å². The van der Waals surface area contributed by atoms with Crippen molar-refractivity contribution in [1.82, 2.24) is 9.97 Å². The van der Waals surface area contributed by atoms with E-state index in [1.165, 1.54) is 0 Å². The topological polar surface area (TPSA) is 75.2 Å². The third-order valence-corrected chi connectivity index (χ3v) is 7.51. The van der Waals surface area contributed by atoms with E-state index in [9.17, 15) is 22.2 Å². The molecule has 4 rings (SSSR count). The van der Waals surface area contributed by atoms with E-state index in [0.29, 0.717) is 42.3 Å². The van der Waals surface area contributed by atoms with Gasteiger partial charge in [-0.3, -0.25) is 9.00 Å². The van der Waals surface area contributed by atoms with Crippen LogP contribution in [0.2, 0.25) is 0 Å². The van der Waals surface area contributed by atoms with Crippen molar-refractivity contribution in [3.63, 3.8) is 0 Å². The highest BCUT2D eigenvalue weighted by Gasteiger charge is 2.36. The van der Waals surface area contributed by atoms with E-state index in [1.54, 1.807) is 6.92 Å². The molecule has 6 nitrogen and oxygen atoms in total. The van der Waals surface area contributed by atoms with Crippen molar-refractivity contribution in [2.75, 3.05) is 17.3 Å². The van der Waals surface area contributed by atoms with Crippen molar-refractivity contribution in [1.29, 1.82) is 0 Å². The van der Waals surface area contributed by atoms with Crippen LogP contribution < -0.4 is 10.2 Å². The molecule has 0 spiro atoms. The first-order valence-electron chi connectivity index (χ1n) is 9.62. The average molecular weight is 438 g/mol. The molecule has 2 aliphatic rings. The lowest BCUT2D eigenvalue weighted by Crippen LogP contribution is -2.45. The van der Waals surface area contributed by atoms with Gasteiger partial charge in [-0.2, -0.15) is 0 Å². The van der Waals surface area contributed by atoms with Gasteiger partial charge >= 0.3 is 0 Å². The lowest BCUT2D eigenvalue weighted by molar-refractivity contribution is -0.117. The normalized spacial score (nSPS) is 24.1. The van der Waals surface area contributed by atoms with Gasteiger partial charge in [-0.25, -0.2) is 23.1 Å². The smallest absolute Gasteiger partial charge is 0.246 e. The number of nitrogens with zero attached hydrogens (tertiary/aromatic N) is 3. The van der Waals surface area contributed by atoms with E-state index < -0.39 is 28.3 Å². The van der Waals surface area contributed by atoms with Gasteiger partial charge in [-0.05, 0) is 44.7 Å². The van der Waals surface area contributed by atoms with Crippen LogP contribution in [0, 0.1) is 30.3 Å². The number of benzene rings is 1. The van der Waals surface area contributed by atoms with Crippen molar-refractivity contribution in [3.05, 3.63) is 41.1 Å². The minimum Gasteiger partial charge on any atom is -0.346 e. The van der Waals surface area contributed by atoms with Gasteiger partial charge in [0.1, 0.15) is 17.6 Å². The molecule has 0 radical (unpaired) electrons. The Bertz CT molecular complexity index is 1040. The summed E-state index contributed by atoms with van der Waals surface area (Å²) in [5.74, 6) is -2.85. The number of nitrogens with one attached hydrogen (secondary N) is 1. The Hall–Kier alpha value is -2.49. The number of fused-ring (bicyclic) bond motifs is 1. The standard InChI is InChI=1S/C20H21F3N4O2S/c1-9-18-19(27(3)10(2)20(28)26-18)25-16(24-9)6-11-4-12(5-11)30(29)13-7-14(21)17(23)15(22)8-13/h7-8,10-12H,4-6H2,1-3H3,(H,26,28)/t10-,11?,12?,30-/m0/s1. The molecular formula is C20H21F3N4O2S. The molecule has 1 saturated carbocycles. The summed E-state index contributed by atoms with van der Waals surface area (Å²) in [5.41, 5.74) is 1.29. The fraction of sp³-hybridized carbons (Fsp3) is 0.450. The van der Waals surface area contributed by atoms with Gasteiger partial charge in [0.2, 0.25) is 5.91 Å². The molecular weight excluding hydrogens is 417 g/mol. The molecule has 10 heteroatoms. The Morgan fingerprint density at radius 3 is 2.47 bits per heavy atom. The fourth-order valence-corrected chi connectivity index (χ4v) is 5.53. The van der Waals surface area contributed by atoms with Gasteiger partial charge < -0.3 is 10.2 Å². The van der Waals surface area contributed by atoms with Gasteiger partial charge in [0, 0.05) is 23.6 Å². The maximum absolute atomic E-state index is 13.4. The Kier molecular flexibility index (Phi) is 5.29. The van der Waals surface area contributed by atoms with Crippen LogP contribution in [-0.2, 0) is 22.0 Å². The zero-order valence-corrected chi connectivity index (χ0v) is 17.5. The Morgan fingerprint density at radius 2 is 1.83 bits per heavy atom. The first kappa shape index (κ1) is 20.8. The number of hydrogen-bond acceptors (Lipinski definition) is 5. The molecule has 1 aromatic heterocycles. The highest BCUT2D eigenvalue weighted by molar-refractivity contribution is 7.85. The maximum Gasteiger partial charge on any atom is 0.246 e. The average Bonchev–Trinajstić information content (AvgIpc) is 2.67. The van der Waals surface area contributed by atoms with Gasteiger partial charge in [-0.15, -0.1) is 0 Å². The number of aromatic nitrogens is 2. The Balaban J connectivity index is 1.44. The van der Waals surface area contributed by atoms with E-state index in [1.807, 2.05) is 18.9 Å². The summed E-state index contributed by atoms with van der Waals surface area (Å²) in [7, 11) is 0.195. The zero-order valence-electron chi connectivity index (χ0n) is 16.7. The number of likely N-dealkylation sites (N-methyl/N-ethyl adjacent to an activating group) is 1. The monoisotopic (exact) mass is 438 g/mol. The van der Waals surface area contributed by atoms with Crippen LogP contribution in [0.25, 0.3) is 0 Å². The maximum atomic E-state index is 13.4. The lowest BCUT2D eigenvalue weighted by atomic mass is 9.82. The quantitative estimate of drug-likeness (QED) is 0.743. The summed E-state index contributed by atoms with van der Waals surface area (Å²) < 4.78 is 52.5. The van der Waals surface area contributed by atoms with E-state index in [2.05, 4.69) is 15.3 Å². The SMILES string of the molecule is Cc1nc(CC2CC([S@](=O)c3cc(F)c(F)c(F)c3)C2)nc2c1NC(=O)[C@H](C)N2C. The summed E-state index contributed by atoms with van der Waals surface area (Å²) in [6.45, 7) is 3.60. The van der Waals surface area contributed by atoms with Crippen LogP contribution in [0.5, 0.6) is 0 Å². The third kappa shape index (κ3) is 3.57. The number of carbonyl (C=O) groups is 1. The van der Waals surface area contributed by atoms with Crippen LogP contribution in [0.1, 0.15) is 31.3 Å². The van der Waals surface area contributed by atoms with Crippen LogP contribution in [0.15, 0.2) is 17.0 Å². The zero-order chi connectivity index (χ0) is 21.7. The molecule has 1 aromatic carbocycles. The molecule has 2 aromatic rings. The van der Waals surface area contributed by atoms with Crippen molar-refractivity contribution in [2.45, 2.75) is 49.3 Å². The van der Waals surface area contributed by atoms with E-state index in [4.69, 9.17) is 0 Å². The Labute approximate surface area is 174 Å². The minimum atomic E-state index is -1.61. The summed E-state index contributed by atoms with van der Waals surface area (Å²) in [5, 5.41) is 2.59. The lowest BCUT2D eigenvalue weighted by Gasteiger charge is -2.35. The van der Waals surface area contributed by atoms with Crippen molar-refractivity contribution < 1.29 is 22.2 Å². The second-order valence-electron chi connectivity index (χ2n) is 7.86. The summed E-state index contributed by atoms with van der Waals surface area (Å²) in [6.07, 6.45) is 1.76. The Morgan fingerprint density at radius 1 is 1.20 bits per heavy atom. The van der Waals surface area contributed by atoms with E-state index in [-0.39, 0.29) is 28.0 Å². The predicted molar refractivity (Wildman–Crippen MR) is 106 cm³/mol. The molecule has 30 heavy (non-hydrogen) atoms. The van der Waals surface area contributed by atoms with Gasteiger partial charge in [0.15, 0.2) is 23.3 Å². The number of rotatable bonds is 4. The summed E-state index contributed by atoms with van der Waals surface area (Å²) >= 11 is 0. The van der Waals surface area contributed by atoms with Crippen molar-refractivity contribution in [2.24, 2.45) is 5.92 Å². The molecule has 1 amide bonds. The van der Waals surface area contributed by atoms with Crippen molar-refractivity contribution >= 4 is 28.2 Å². The molecule has 0 saturated heterocycles. The highest BCUT2D eigenvalue weighted by atomic mass is 32.2. The van der Waals surface area contributed by atoms with Crippen molar-refractivity contribution in [3.8, 4) is 0 Å². The number of anilines is 2. The third-order valence-electron chi connectivity index (χ3n) is 5.82. The number of halogens is 3. The molecule has 1 fully saturated rings. The van der Waals surface area contributed by atoms with Gasteiger partial charge in [0.05, 0.1) is 16.5 Å². The fourth-order valence-electron chi connectivity index (χ4n) is 3.81. The van der Waals surface area contributed by atoms with E-state index in [0.717, 1.165) is 12.1 Å². The number of amides is 1. The molecule has 0 bridgehead atoms. The number of carbonyl (C=O) groups excluding carboxylic acids is 1. The largest absolute Gasteiger partial charge is 0.346 e. The number of hydrogen-bond donors (Lipinski definition) is 1. The molecule has 0 unspecified atom stereocenters.